The lowest BCUT2D eigenvalue weighted by atomic mass is 9.95. The topological polar surface area (TPSA) is 88.8 Å². The molecule has 0 aliphatic carbocycles. The van der Waals surface area contributed by atoms with E-state index in [-0.39, 0.29) is 28.4 Å². The Labute approximate surface area is 190 Å². The van der Waals surface area contributed by atoms with Crippen LogP contribution in [0.2, 0.25) is 5.02 Å². The number of tetrazole rings is 1. The molecule has 0 spiro atoms. The maximum atomic E-state index is 14.2. The molecule has 8 nitrogen and oxygen atoms in total. The average Bonchev–Trinajstić information content (AvgIpc) is 3.20. The van der Waals surface area contributed by atoms with Gasteiger partial charge in [-0.1, -0.05) is 11.6 Å². The first-order valence-electron chi connectivity index (χ1n) is 9.97. The molecule has 13 heteroatoms. The van der Waals surface area contributed by atoms with Crippen molar-refractivity contribution < 1.29 is 22.4 Å². The highest BCUT2D eigenvalue weighted by Crippen LogP contribution is 2.34. The summed E-state index contributed by atoms with van der Waals surface area (Å²) in [6.07, 6.45) is -2.88. The Balaban J connectivity index is 1.40. The van der Waals surface area contributed by atoms with Crippen molar-refractivity contribution in [2.75, 3.05) is 23.3 Å². The number of amides is 1. The van der Waals surface area contributed by atoms with Crippen LogP contribution in [0.15, 0.2) is 30.5 Å². The van der Waals surface area contributed by atoms with Gasteiger partial charge in [0.05, 0.1) is 10.6 Å². The number of halogens is 5. The summed E-state index contributed by atoms with van der Waals surface area (Å²) in [5.74, 6) is -0.480. The number of aryl methyl sites for hydroxylation is 1. The van der Waals surface area contributed by atoms with Gasteiger partial charge in [-0.2, -0.15) is 17.9 Å². The van der Waals surface area contributed by atoms with E-state index in [1.807, 2.05) is 0 Å². The Morgan fingerprint density at radius 2 is 1.94 bits per heavy atom. The summed E-state index contributed by atoms with van der Waals surface area (Å²) in [6, 6.07) is 4.95. The fourth-order valence-corrected chi connectivity index (χ4v) is 3.91. The number of rotatable bonds is 4. The zero-order chi connectivity index (χ0) is 23.8. The van der Waals surface area contributed by atoms with Crippen molar-refractivity contribution in [3.05, 3.63) is 52.7 Å². The lowest BCUT2D eigenvalue weighted by Crippen LogP contribution is -2.38. The van der Waals surface area contributed by atoms with Crippen molar-refractivity contribution in [3.8, 4) is 5.69 Å². The Bertz CT molecular complexity index is 1180. The van der Waals surface area contributed by atoms with E-state index in [4.69, 9.17) is 11.6 Å². The van der Waals surface area contributed by atoms with E-state index in [1.165, 1.54) is 22.9 Å². The molecule has 0 saturated carbocycles. The van der Waals surface area contributed by atoms with Crippen molar-refractivity contribution in [3.63, 3.8) is 0 Å². The maximum Gasteiger partial charge on any atom is 0.417 e. The molecule has 1 saturated heterocycles. The fourth-order valence-electron chi connectivity index (χ4n) is 3.62. The van der Waals surface area contributed by atoms with E-state index in [1.54, 1.807) is 11.8 Å². The molecule has 0 unspecified atom stereocenters. The monoisotopic (exact) mass is 483 g/mol. The lowest BCUT2D eigenvalue weighted by molar-refractivity contribution is -0.137. The molecule has 1 aliphatic rings. The van der Waals surface area contributed by atoms with Crippen LogP contribution in [-0.2, 0) is 11.0 Å². The van der Waals surface area contributed by atoms with Gasteiger partial charge >= 0.3 is 6.18 Å². The molecule has 1 fully saturated rings. The number of benzene rings is 1. The molecule has 2 aromatic heterocycles. The number of hydrogen-bond acceptors (Lipinski definition) is 6. The third-order valence-corrected chi connectivity index (χ3v) is 5.66. The van der Waals surface area contributed by atoms with Gasteiger partial charge < -0.3 is 10.2 Å². The van der Waals surface area contributed by atoms with Gasteiger partial charge in [0, 0.05) is 30.9 Å². The summed E-state index contributed by atoms with van der Waals surface area (Å²) in [5, 5.41) is 13.6. The minimum Gasteiger partial charge on any atom is -0.355 e. The number of carbonyl (C=O) groups excluding carboxylic acids is 1. The second-order valence-corrected chi connectivity index (χ2v) is 7.99. The molecule has 0 atom stereocenters. The number of nitrogens with zero attached hydrogens (tertiary/aromatic N) is 6. The van der Waals surface area contributed by atoms with Crippen LogP contribution >= 0.6 is 11.6 Å². The zero-order valence-electron chi connectivity index (χ0n) is 17.3. The molecule has 4 rings (SSSR count). The molecule has 174 valence electrons. The summed E-state index contributed by atoms with van der Waals surface area (Å²) < 4.78 is 53.9. The number of pyridine rings is 1. The van der Waals surface area contributed by atoms with E-state index in [9.17, 15) is 22.4 Å². The standard InChI is InChI=1S/C20H18ClF4N7O/c1-11-28-29-30-32(11)17-9-14(2-3-16(17)22)27-19(33)12-4-6-31(7-5-12)18-15(21)8-13(10-26-18)20(23,24)25/h2-3,8-10,12H,4-7H2,1H3,(H,27,33). The number of nitrogens with one attached hydrogen (secondary N) is 1. The molecule has 1 aliphatic heterocycles. The molecule has 1 amide bonds. The minimum absolute atomic E-state index is 0.0931. The van der Waals surface area contributed by atoms with Gasteiger partial charge in [0.25, 0.3) is 0 Å². The minimum atomic E-state index is -4.52. The fraction of sp³-hybridized carbons (Fsp3) is 0.350. The normalized spacial score (nSPS) is 15.0. The lowest BCUT2D eigenvalue weighted by Gasteiger charge is -2.32. The van der Waals surface area contributed by atoms with E-state index in [0.29, 0.717) is 37.4 Å². The number of anilines is 2. The second kappa shape index (κ2) is 8.93. The highest BCUT2D eigenvalue weighted by Gasteiger charge is 2.33. The molecular weight excluding hydrogens is 466 g/mol. The van der Waals surface area contributed by atoms with E-state index >= 15 is 0 Å². The predicted molar refractivity (Wildman–Crippen MR) is 112 cm³/mol. The van der Waals surface area contributed by atoms with Gasteiger partial charge in [-0.3, -0.25) is 4.79 Å². The van der Waals surface area contributed by atoms with Crippen molar-refractivity contribution in [1.82, 2.24) is 25.2 Å². The molecule has 3 heterocycles. The van der Waals surface area contributed by atoms with Crippen LogP contribution in [0.5, 0.6) is 0 Å². The van der Waals surface area contributed by atoms with E-state index in [2.05, 4.69) is 25.8 Å². The van der Waals surface area contributed by atoms with Gasteiger partial charge in [-0.15, -0.1) is 5.10 Å². The van der Waals surface area contributed by atoms with Crippen LogP contribution in [0, 0.1) is 18.7 Å². The van der Waals surface area contributed by atoms with Crippen LogP contribution in [-0.4, -0.2) is 44.2 Å². The number of piperidine rings is 1. The molecule has 3 aromatic rings. The molecule has 33 heavy (non-hydrogen) atoms. The molecule has 0 radical (unpaired) electrons. The van der Waals surface area contributed by atoms with Gasteiger partial charge in [-0.25, -0.2) is 9.37 Å². The van der Waals surface area contributed by atoms with Crippen LogP contribution in [0.25, 0.3) is 5.69 Å². The number of hydrogen-bond donors (Lipinski definition) is 1. The maximum absolute atomic E-state index is 14.2. The van der Waals surface area contributed by atoms with Crippen LogP contribution < -0.4 is 10.2 Å². The summed E-state index contributed by atoms with van der Waals surface area (Å²) in [6.45, 7) is 2.42. The number of alkyl halides is 3. The van der Waals surface area contributed by atoms with Gasteiger partial charge in [0.1, 0.15) is 17.3 Å². The first kappa shape index (κ1) is 22.9. The number of carbonyl (C=O) groups is 1. The van der Waals surface area contributed by atoms with E-state index in [0.717, 1.165) is 12.3 Å². The van der Waals surface area contributed by atoms with Gasteiger partial charge in [-0.05, 0) is 54.5 Å². The smallest absolute Gasteiger partial charge is 0.355 e. The van der Waals surface area contributed by atoms with E-state index < -0.39 is 17.6 Å². The quantitative estimate of drug-likeness (QED) is 0.564. The first-order chi connectivity index (χ1) is 15.6. The molecule has 0 bridgehead atoms. The summed E-state index contributed by atoms with van der Waals surface area (Å²) in [7, 11) is 0. The van der Waals surface area contributed by atoms with Crippen molar-refractivity contribution in [1.29, 1.82) is 0 Å². The largest absolute Gasteiger partial charge is 0.417 e. The first-order valence-corrected chi connectivity index (χ1v) is 10.3. The SMILES string of the molecule is Cc1nnnn1-c1cc(NC(=O)C2CCN(c3ncc(C(F)(F)F)cc3Cl)CC2)ccc1F. The average molecular weight is 484 g/mol. The zero-order valence-corrected chi connectivity index (χ0v) is 18.0. The highest BCUT2D eigenvalue weighted by atomic mass is 35.5. The van der Waals surface area contributed by atoms with Gasteiger partial charge in [0.15, 0.2) is 5.82 Å². The molecule has 1 N–H and O–H groups in total. The summed E-state index contributed by atoms with van der Waals surface area (Å²) in [5.41, 5.74) is -0.421. The third kappa shape index (κ3) is 4.90. The summed E-state index contributed by atoms with van der Waals surface area (Å²) in [4.78, 5) is 18.4. The Hall–Kier alpha value is -3.28. The Morgan fingerprint density at radius 1 is 1.21 bits per heavy atom. The van der Waals surface area contributed by atoms with Crippen molar-refractivity contribution in [2.24, 2.45) is 5.92 Å². The van der Waals surface area contributed by atoms with Crippen LogP contribution in [0.4, 0.5) is 29.1 Å². The van der Waals surface area contributed by atoms with Crippen molar-refractivity contribution >= 4 is 29.0 Å². The summed E-state index contributed by atoms with van der Waals surface area (Å²) >= 11 is 6.03. The van der Waals surface area contributed by atoms with Crippen LogP contribution in [0.1, 0.15) is 24.2 Å². The number of aromatic nitrogens is 5. The Kier molecular flexibility index (Phi) is 6.19. The Morgan fingerprint density at radius 3 is 2.55 bits per heavy atom. The van der Waals surface area contributed by atoms with Crippen LogP contribution in [0.3, 0.4) is 0 Å². The van der Waals surface area contributed by atoms with Gasteiger partial charge in [0.2, 0.25) is 5.91 Å². The highest BCUT2D eigenvalue weighted by molar-refractivity contribution is 6.33. The predicted octanol–water partition coefficient (Wildman–Crippen LogP) is 4.03. The third-order valence-electron chi connectivity index (χ3n) is 5.38. The van der Waals surface area contributed by atoms with Crippen molar-refractivity contribution in [2.45, 2.75) is 25.9 Å². The molecular formula is C20H18ClF4N7O. The second-order valence-electron chi connectivity index (χ2n) is 7.58. The molecule has 1 aromatic carbocycles.